The highest BCUT2D eigenvalue weighted by molar-refractivity contribution is 5.91. The van der Waals surface area contributed by atoms with Crippen molar-refractivity contribution in [3.05, 3.63) is 33.4 Å². The van der Waals surface area contributed by atoms with Crippen LogP contribution < -0.4 is 21.8 Å². The molecule has 0 aromatic carbocycles. The van der Waals surface area contributed by atoms with Crippen LogP contribution in [0, 0.1) is 11.8 Å². The number of hydrogen-bond donors (Lipinski definition) is 8. The molecule has 60 heavy (non-hydrogen) atoms. The van der Waals surface area contributed by atoms with Crippen LogP contribution >= 0.6 is 0 Å². The van der Waals surface area contributed by atoms with E-state index in [0.717, 1.165) is 0 Å². The number of ether oxygens (including phenoxy) is 6. The number of imidazole rings is 2. The maximum atomic E-state index is 12.4. The number of anilines is 2. The van der Waals surface area contributed by atoms with Gasteiger partial charge in [0.1, 0.15) is 36.6 Å². The summed E-state index contributed by atoms with van der Waals surface area (Å²) in [6.45, 7) is 13.4. The lowest BCUT2D eigenvalue weighted by Crippen LogP contribution is -2.33. The minimum absolute atomic E-state index is 0.0136. The number of carbonyl (C=O) groups excluding carboxylic acids is 2. The molecular weight excluding hydrogens is 796 g/mol. The van der Waals surface area contributed by atoms with Crippen LogP contribution in [0.15, 0.2) is 22.2 Å². The highest BCUT2D eigenvalue weighted by Crippen LogP contribution is 2.43. The number of carbonyl (C=O) groups is 2. The van der Waals surface area contributed by atoms with Crippen LogP contribution in [0.3, 0.4) is 0 Å². The number of nitrogens with one attached hydrogen (secondary N) is 4. The summed E-state index contributed by atoms with van der Waals surface area (Å²) in [6, 6.07) is 0. The van der Waals surface area contributed by atoms with Crippen LogP contribution in [-0.2, 0) is 38.0 Å². The number of H-pyrrole nitrogens is 2. The Morgan fingerprint density at radius 1 is 0.783 bits per heavy atom. The number of aromatic nitrogens is 8. The van der Waals surface area contributed by atoms with Crippen LogP contribution in [0.25, 0.3) is 22.3 Å². The lowest BCUT2D eigenvalue weighted by atomic mass is 10.1. The van der Waals surface area contributed by atoms with Gasteiger partial charge < -0.3 is 48.8 Å². The first-order chi connectivity index (χ1) is 28.1. The summed E-state index contributed by atoms with van der Waals surface area (Å²) >= 11 is 0. The van der Waals surface area contributed by atoms with E-state index in [1.807, 2.05) is 13.8 Å². The van der Waals surface area contributed by atoms with Gasteiger partial charge in [0, 0.05) is 26.1 Å². The molecule has 0 aliphatic carbocycles. The number of aromatic amines is 2. The lowest BCUT2D eigenvalue weighted by molar-refractivity contribution is -0.199. The zero-order valence-electron chi connectivity index (χ0n) is 34.9. The van der Waals surface area contributed by atoms with Crippen molar-refractivity contribution in [1.29, 1.82) is 0 Å². The van der Waals surface area contributed by atoms with Gasteiger partial charge in [-0.1, -0.05) is 27.7 Å². The van der Waals surface area contributed by atoms with Gasteiger partial charge in [-0.25, -0.2) is 9.97 Å². The SMILES string of the molecule is CC(C)C(=O)Nc1nc2c(ncn2[C@@H]2O[C@H](CO)C(O)[C@@H]2O)c(=O)[nH]1.CC(C)C(=O)Nc1nc2c(ncn2[C@@H]2O[C@H](CO)C3OC(C)(C)O[C@@H]32)c(=O)[nH]1.COC(C)(C)OC. The summed E-state index contributed by atoms with van der Waals surface area (Å²) < 4.78 is 35.7. The minimum Gasteiger partial charge on any atom is -0.394 e. The van der Waals surface area contributed by atoms with Crippen molar-refractivity contribution < 1.29 is 58.4 Å². The molecule has 4 aromatic rings. The molecule has 0 bridgehead atoms. The van der Waals surface area contributed by atoms with Crippen molar-refractivity contribution in [3.63, 3.8) is 0 Å². The number of aliphatic hydroxyl groups excluding tert-OH is 4. The number of methoxy groups -OCH3 is 2. The van der Waals surface area contributed by atoms with Gasteiger partial charge in [-0.3, -0.25) is 48.9 Å². The van der Waals surface area contributed by atoms with Crippen molar-refractivity contribution in [2.75, 3.05) is 38.1 Å². The fraction of sp³-hybridized carbons (Fsp3) is 0.667. The van der Waals surface area contributed by atoms with Crippen molar-refractivity contribution in [2.45, 2.75) is 116 Å². The number of fused-ring (bicyclic) bond motifs is 3. The first-order valence-electron chi connectivity index (χ1n) is 19.1. The van der Waals surface area contributed by atoms with Crippen molar-refractivity contribution >= 4 is 46.0 Å². The van der Waals surface area contributed by atoms with E-state index in [1.54, 1.807) is 60.3 Å². The molecule has 2 unspecified atom stereocenters. The summed E-state index contributed by atoms with van der Waals surface area (Å²) in [5, 5.41) is 43.9. The molecule has 8 atom stereocenters. The molecule has 2 amide bonds. The Balaban J connectivity index is 0.000000198. The summed E-state index contributed by atoms with van der Waals surface area (Å²) in [4.78, 5) is 69.7. The van der Waals surface area contributed by atoms with E-state index in [-0.39, 0.29) is 64.5 Å². The summed E-state index contributed by atoms with van der Waals surface area (Å²) in [5.41, 5.74) is -0.667. The first kappa shape index (κ1) is 46.3. The standard InChI is InChI=1S/C17H23N5O6.C14H19N5O6.C5H12O2/c1-7(2)13(24)20-16-19-12-9(14(25)21-16)18-6-22(12)15-11-10(8(5-23)26-15)27-17(3,4)28-11;1-5(2)11(23)17-14-16-10-7(12(24)18-14)15-4-19(10)13-9(22)8(21)6(3-20)25-13;1-5(2,6-3)7-4/h6-8,10-11,15,23H,5H2,1-4H3,(H2,19,20,21,24,25);4-6,8-9,13,20-22H,3H2,1-2H3,(H2,16,17,18,23,24);1-4H3/t8-,10?,11+,15-;6-,8?,9+,13-;/m11./s1. The van der Waals surface area contributed by atoms with E-state index in [4.69, 9.17) is 28.4 Å². The van der Waals surface area contributed by atoms with Crippen molar-refractivity contribution in [3.8, 4) is 0 Å². The third-order valence-corrected chi connectivity index (χ3v) is 9.75. The third-order valence-electron chi connectivity index (χ3n) is 9.75. The summed E-state index contributed by atoms with van der Waals surface area (Å²) in [6.07, 6.45) is -4.30. The predicted octanol–water partition coefficient (Wildman–Crippen LogP) is -0.535. The van der Waals surface area contributed by atoms with Crippen LogP contribution in [0.4, 0.5) is 11.9 Å². The molecule has 8 N–H and O–H groups in total. The van der Waals surface area contributed by atoms with E-state index in [1.165, 1.54) is 17.2 Å². The second kappa shape index (κ2) is 18.5. The van der Waals surface area contributed by atoms with Gasteiger partial charge in [0.2, 0.25) is 23.7 Å². The maximum Gasteiger partial charge on any atom is 0.280 e. The Labute approximate surface area is 342 Å². The summed E-state index contributed by atoms with van der Waals surface area (Å²) in [7, 11) is 3.23. The molecule has 0 radical (unpaired) electrons. The fourth-order valence-electron chi connectivity index (χ4n) is 6.09. The number of rotatable bonds is 10. The molecule has 3 fully saturated rings. The molecular formula is C36H54N10O14. The lowest BCUT2D eigenvalue weighted by Gasteiger charge is -2.24. The average molecular weight is 851 g/mol. The molecule has 0 spiro atoms. The molecule has 7 rings (SSSR count). The van der Waals surface area contributed by atoms with Gasteiger partial charge in [-0.2, -0.15) is 9.97 Å². The molecule has 7 heterocycles. The number of nitrogens with zero attached hydrogens (tertiary/aromatic N) is 6. The molecule has 4 aromatic heterocycles. The monoisotopic (exact) mass is 850 g/mol. The largest absolute Gasteiger partial charge is 0.394 e. The quantitative estimate of drug-likeness (QED) is 0.0930. The van der Waals surface area contributed by atoms with Gasteiger partial charge >= 0.3 is 0 Å². The number of hydrogen-bond acceptors (Lipinski definition) is 18. The van der Waals surface area contributed by atoms with Gasteiger partial charge in [-0.15, -0.1) is 0 Å². The van der Waals surface area contributed by atoms with E-state index < -0.39 is 78.4 Å². The number of amides is 2. The molecule has 24 nitrogen and oxygen atoms in total. The van der Waals surface area contributed by atoms with Gasteiger partial charge in [0.25, 0.3) is 11.1 Å². The van der Waals surface area contributed by atoms with Crippen LogP contribution in [0.1, 0.15) is 67.8 Å². The molecule has 3 saturated heterocycles. The molecule has 24 heteroatoms. The Morgan fingerprint density at radius 2 is 1.22 bits per heavy atom. The highest BCUT2D eigenvalue weighted by atomic mass is 16.8. The van der Waals surface area contributed by atoms with Crippen molar-refractivity contribution in [1.82, 2.24) is 39.0 Å². The van der Waals surface area contributed by atoms with E-state index in [0.29, 0.717) is 0 Å². The van der Waals surface area contributed by atoms with Crippen LogP contribution in [-0.4, -0.2) is 147 Å². The topological polar surface area (TPSA) is 322 Å². The second-order valence-electron chi connectivity index (χ2n) is 15.6. The molecule has 3 aliphatic heterocycles. The Kier molecular flexibility index (Phi) is 14.3. The zero-order valence-corrected chi connectivity index (χ0v) is 34.9. The van der Waals surface area contributed by atoms with Gasteiger partial charge in [0.15, 0.2) is 46.4 Å². The second-order valence-corrected chi connectivity index (χ2v) is 15.6. The first-order valence-corrected chi connectivity index (χ1v) is 19.1. The fourth-order valence-corrected chi connectivity index (χ4v) is 6.09. The van der Waals surface area contributed by atoms with E-state index in [2.05, 4.69) is 40.5 Å². The summed E-state index contributed by atoms with van der Waals surface area (Å²) in [5.74, 6) is -2.49. The Morgan fingerprint density at radius 3 is 1.62 bits per heavy atom. The van der Waals surface area contributed by atoms with Crippen LogP contribution in [0.5, 0.6) is 0 Å². The maximum absolute atomic E-state index is 12.4. The molecule has 332 valence electrons. The predicted molar refractivity (Wildman–Crippen MR) is 209 cm³/mol. The molecule has 3 aliphatic rings. The Hall–Kier alpha value is -4.76. The van der Waals surface area contributed by atoms with E-state index in [9.17, 15) is 39.6 Å². The van der Waals surface area contributed by atoms with Crippen LogP contribution in [0.2, 0.25) is 0 Å². The number of aliphatic hydroxyl groups is 4. The molecule has 0 saturated carbocycles. The van der Waals surface area contributed by atoms with E-state index >= 15 is 0 Å². The Bertz CT molecular complexity index is 2240. The normalized spacial score (nSPS) is 25.9. The highest BCUT2D eigenvalue weighted by Gasteiger charge is 2.56. The average Bonchev–Trinajstić information content (AvgIpc) is 4.00. The van der Waals surface area contributed by atoms with Crippen molar-refractivity contribution in [2.24, 2.45) is 11.8 Å². The van der Waals surface area contributed by atoms with Gasteiger partial charge in [0.05, 0.1) is 25.9 Å². The third kappa shape index (κ3) is 9.88. The van der Waals surface area contributed by atoms with Gasteiger partial charge in [-0.05, 0) is 27.7 Å². The minimum atomic E-state index is -1.34. The zero-order chi connectivity index (χ0) is 44.4. The smallest absolute Gasteiger partial charge is 0.280 e.